The molecule has 1 aliphatic heterocycles. The van der Waals surface area contributed by atoms with E-state index in [0.29, 0.717) is 78.2 Å². The van der Waals surface area contributed by atoms with Crippen LogP contribution >= 0.6 is 23.2 Å². The van der Waals surface area contributed by atoms with E-state index in [4.69, 9.17) is 42.1 Å². The van der Waals surface area contributed by atoms with E-state index >= 15 is 0 Å². The second kappa shape index (κ2) is 18.0. The summed E-state index contributed by atoms with van der Waals surface area (Å²) in [6, 6.07) is 9.22. The van der Waals surface area contributed by atoms with Crippen molar-refractivity contribution < 1.29 is 50.4 Å². The summed E-state index contributed by atoms with van der Waals surface area (Å²) in [5.41, 5.74) is 1.57. The number of benzene rings is 2. The molecule has 1 saturated heterocycles. The van der Waals surface area contributed by atoms with Gasteiger partial charge in [0.15, 0.2) is 23.9 Å². The van der Waals surface area contributed by atoms with Gasteiger partial charge in [-0.3, -0.25) is 9.21 Å². The van der Waals surface area contributed by atoms with Crippen LogP contribution in [0.2, 0.25) is 10.0 Å². The standard InChI is InChI=1S/C35H42Cl2F2N4O9S/c1-40(19-24-6-8-30(48-2)29(16-24)43(53(3,46)47)11-10-41-12-14-49-15-13-41)35(44)52-32(18-26-27(36)20-42(45)21-28(26)37)25-7-9-31(51-34(38)39)33(17-25)50-22-23-4-5-23/h6-9,16-17,20-21,23,32,34H,4-5,10-15,18-19,22H2,1-3H3. The average Bonchev–Trinajstić information content (AvgIpc) is 3.93. The number of carbonyl (C=O) groups is 1. The summed E-state index contributed by atoms with van der Waals surface area (Å²) in [4.78, 5) is 17.1. The Bertz CT molecular complexity index is 1830. The minimum atomic E-state index is -3.73. The molecule has 0 radical (unpaired) electrons. The zero-order valence-electron chi connectivity index (χ0n) is 29.5. The van der Waals surface area contributed by atoms with Crippen LogP contribution in [0, 0.1) is 11.1 Å². The van der Waals surface area contributed by atoms with Crippen molar-refractivity contribution in [3.05, 3.63) is 80.7 Å². The quantitative estimate of drug-likeness (QED) is 0.124. The van der Waals surface area contributed by atoms with Gasteiger partial charge in [0.25, 0.3) is 0 Å². The Morgan fingerprint density at radius 1 is 1.08 bits per heavy atom. The van der Waals surface area contributed by atoms with Crippen LogP contribution in [0.1, 0.15) is 35.6 Å². The molecule has 2 aromatic carbocycles. The molecule has 1 aromatic heterocycles. The Kier molecular flexibility index (Phi) is 13.7. The fourth-order valence-electron chi connectivity index (χ4n) is 5.76. The van der Waals surface area contributed by atoms with E-state index in [1.54, 1.807) is 18.2 Å². The van der Waals surface area contributed by atoms with Crippen molar-refractivity contribution >= 4 is 45.0 Å². The Hall–Kier alpha value is -3.83. The van der Waals surface area contributed by atoms with Crippen LogP contribution in [-0.4, -0.2) is 97.3 Å². The molecule has 18 heteroatoms. The van der Waals surface area contributed by atoms with Crippen molar-refractivity contribution in [1.29, 1.82) is 0 Å². The summed E-state index contributed by atoms with van der Waals surface area (Å²) >= 11 is 12.8. The van der Waals surface area contributed by atoms with Gasteiger partial charge in [0.1, 0.15) is 21.9 Å². The molecular formula is C35H42Cl2F2N4O9S. The molecule has 1 atom stereocenters. The van der Waals surface area contributed by atoms with Gasteiger partial charge in [0, 0.05) is 51.8 Å². The summed E-state index contributed by atoms with van der Waals surface area (Å²) in [6.07, 6.45) is 3.30. The highest BCUT2D eigenvalue weighted by molar-refractivity contribution is 7.92. The molecule has 5 rings (SSSR count). The molecule has 0 spiro atoms. The first-order chi connectivity index (χ1) is 25.2. The number of halogens is 4. The van der Waals surface area contributed by atoms with E-state index in [-0.39, 0.29) is 41.1 Å². The largest absolute Gasteiger partial charge is 0.619 e. The minimum absolute atomic E-state index is 0.00353. The van der Waals surface area contributed by atoms with Crippen LogP contribution in [0.5, 0.6) is 17.2 Å². The van der Waals surface area contributed by atoms with Gasteiger partial charge in [0.05, 0.1) is 38.9 Å². The summed E-state index contributed by atoms with van der Waals surface area (Å²) in [5, 5.41) is 12.0. The zero-order chi connectivity index (χ0) is 38.3. The normalized spacial score (nSPS) is 15.5. The third-order valence-electron chi connectivity index (χ3n) is 8.78. The first-order valence-electron chi connectivity index (χ1n) is 16.9. The van der Waals surface area contributed by atoms with Gasteiger partial charge in [-0.15, -0.1) is 0 Å². The van der Waals surface area contributed by atoms with Gasteiger partial charge in [0.2, 0.25) is 10.0 Å². The smallest absolute Gasteiger partial charge is 0.410 e. The molecule has 2 aliphatic rings. The van der Waals surface area contributed by atoms with Crippen LogP contribution < -0.4 is 23.2 Å². The van der Waals surface area contributed by atoms with Crippen LogP contribution in [0.3, 0.4) is 0 Å². The molecule has 2 fully saturated rings. The molecule has 2 heterocycles. The molecule has 0 bridgehead atoms. The van der Waals surface area contributed by atoms with E-state index < -0.39 is 28.8 Å². The van der Waals surface area contributed by atoms with E-state index in [0.717, 1.165) is 31.5 Å². The fraction of sp³-hybridized carbons (Fsp3) is 0.486. The molecular weight excluding hydrogens is 761 g/mol. The SMILES string of the molecule is COc1ccc(CN(C)C(=O)OC(Cc2c(Cl)c[n+]([O-])cc2Cl)c2ccc(OC(F)F)c(OCC3CC3)c2)cc1N(CCN1CCOCC1)S(C)(=O)=O. The van der Waals surface area contributed by atoms with Crippen molar-refractivity contribution in [2.24, 2.45) is 5.92 Å². The number of amides is 1. The Morgan fingerprint density at radius 2 is 1.75 bits per heavy atom. The van der Waals surface area contributed by atoms with Crippen molar-refractivity contribution in [1.82, 2.24) is 9.80 Å². The molecule has 0 N–H and O–H groups in total. The second-order valence-corrected chi connectivity index (χ2v) is 15.6. The number of sulfonamides is 1. The number of methoxy groups -OCH3 is 1. The van der Waals surface area contributed by atoms with Gasteiger partial charge in [-0.2, -0.15) is 13.5 Å². The summed E-state index contributed by atoms with van der Waals surface area (Å²) in [6.45, 7) is 0.361. The predicted molar refractivity (Wildman–Crippen MR) is 194 cm³/mol. The first-order valence-corrected chi connectivity index (χ1v) is 19.5. The fourth-order valence-corrected chi connectivity index (χ4v) is 7.27. The van der Waals surface area contributed by atoms with Crippen LogP contribution in [0.15, 0.2) is 48.8 Å². The van der Waals surface area contributed by atoms with Crippen molar-refractivity contribution in [2.45, 2.75) is 38.5 Å². The summed E-state index contributed by atoms with van der Waals surface area (Å²) in [7, 11) is -0.783. The third kappa shape index (κ3) is 11.3. The number of ether oxygens (including phenoxy) is 5. The highest BCUT2D eigenvalue weighted by Gasteiger charge is 2.28. The van der Waals surface area contributed by atoms with Crippen molar-refractivity contribution in [2.75, 3.05) is 70.7 Å². The molecule has 13 nitrogen and oxygen atoms in total. The van der Waals surface area contributed by atoms with Crippen LogP contribution in [-0.2, 0) is 32.5 Å². The van der Waals surface area contributed by atoms with E-state index in [2.05, 4.69) is 9.64 Å². The van der Waals surface area contributed by atoms with Gasteiger partial charge < -0.3 is 33.8 Å². The average molecular weight is 804 g/mol. The molecule has 53 heavy (non-hydrogen) atoms. The maximum absolute atomic E-state index is 13.7. The highest BCUT2D eigenvalue weighted by Crippen LogP contribution is 2.38. The monoisotopic (exact) mass is 802 g/mol. The first kappa shape index (κ1) is 40.4. The molecule has 1 amide bonds. The van der Waals surface area contributed by atoms with E-state index in [9.17, 15) is 27.2 Å². The highest BCUT2D eigenvalue weighted by atomic mass is 35.5. The Balaban J connectivity index is 1.39. The van der Waals surface area contributed by atoms with Crippen LogP contribution in [0.25, 0.3) is 0 Å². The predicted octanol–water partition coefficient (Wildman–Crippen LogP) is 5.68. The number of alkyl halides is 2. The van der Waals surface area contributed by atoms with E-state index in [1.807, 2.05) is 0 Å². The number of nitrogens with zero attached hydrogens (tertiary/aromatic N) is 4. The molecule has 1 aliphatic carbocycles. The van der Waals surface area contributed by atoms with E-state index in [1.165, 1.54) is 41.6 Å². The Labute approximate surface area is 317 Å². The number of hydrogen-bond donors (Lipinski definition) is 0. The number of hydrogen-bond acceptors (Lipinski definition) is 10. The molecule has 3 aromatic rings. The number of anilines is 1. The van der Waals surface area contributed by atoms with Crippen LogP contribution in [0.4, 0.5) is 19.3 Å². The Morgan fingerprint density at radius 3 is 2.38 bits per heavy atom. The maximum atomic E-state index is 13.7. The lowest BCUT2D eigenvalue weighted by molar-refractivity contribution is -0.605. The lowest BCUT2D eigenvalue weighted by atomic mass is 10.0. The number of pyridine rings is 1. The third-order valence-corrected chi connectivity index (χ3v) is 10.6. The second-order valence-electron chi connectivity index (χ2n) is 12.9. The van der Waals surface area contributed by atoms with Gasteiger partial charge >= 0.3 is 12.7 Å². The summed E-state index contributed by atoms with van der Waals surface area (Å²) < 4.78 is 81.7. The number of morpholine rings is 1. The molecule has 1 saturated carbocycles. The minimum Gasteiger partial charge on any atom is -0.619 e. The maximum Gasteiger partial charge on any atom is 0.410 e. The van der Waals surface area contributed by atoms with Crippen molar-refractivity contribution in [3.63, 3.8) is 0 Å². The number of aromatic nitrogens is 1. The zero-order valence-corrected chi connectivity index (χ0v) is 31.8. The van der Waals surface area contributed by atoms with Gasteiger partial charge in [-0.05, 0) is 54.2 Å². The van der Waals surface area contributed by atoms with Gasteiger partial charge in [-0.1, -0.05) is 35.3 Å². The number of carbonyl (C=O) groups excluding carboxylic acids is 1. The topological polar surface area (TPSA) is 134 Å². The molecule has 1 unspecified atom stereocenters. The lowest BCUT2D eigenvalue weighted by Crippen LogP contribution is -2.43. The summed E-state index contributed by atoms with van der Waals surface area (Å²) in [5.74, 6) is 0.495. The lowest BCUT2D eigenvalue weighted by Gasteiger charge is -2.31. The molecule has 290 valence electrons. The van der Waals surface area contributed by atoms with Gasteiger partial charge in [-0.25, -0.2) is 13.2 Å². The van der Waals surface area contributed by atoms with Crippen molar-refractivity contribution in [3.8, 4) is 17.2 Å². The number of rotatable bonds is 17.